The molecule has 3 heterocycles. The summed E-state index contributed by atoms with van der Waals surface area (Å²) in [6.07, 6.45) is 4.25. The Morgan fingerprint density at radius 3 is 2.62 bits per heavy atom. The molecule has 0 unspecified atom stereocenters. The van der Waals surface area contributed by atoms with E-state index in [0.717, 1.165) is 31.2 Å². The first-order valence-corrected chi connectivity index (χ1v) is 9.28. The summed E-state index contributed by atoms with van der Waals surface area (Å²) in [6, 6.07) is 0. The second kappa shape index (κ2) is 7.40. The molecule has 7 nitrogen and oxygen atoms in total. The van der Waals surface area contributed by atoms with Gasteiger partial charge in [-0.15, -0.1) is 0 Å². The molecule has 2 aromatic heterocycles. The summed E-state index contributed by atoms with van der Waals surface area (Å²) in [5.41, 5.74) is 0.418. The molecule has 1 aliphatic heterocycles. The molecule has 2 aromatic rings. The van der Waals surface area contributed by atoms with Gasteiger partial charge >= 0.3 is 0 Å². The van der Waals surface area contributed by atoms with Crippen LogP contribution in [0.1, 0.15) is 49.2 Å². The summed E-state index contributed by atoms with van der Waals surface area (Å²) in [5.74, 6) is 1.56. The fourth-order valence-corrected chi connectivity index (χ4v) is 3.16. The van der Waals surface area contributed by atoms with Gasteiger partial charge in [-0.25, -0.2) is 4.98 Å². The zero-order valence-corrected chi connectivity index (χ0v) is 16.6. The highest BCUT2D eigenvalue weighted by Gasteiger charge is 2.25. The molecule has 26 heavy (non-hydrogen) atoms. The van der Waals surface area contributed by atoms with Gasteiger partial charge in [-0.2, -0.15) is 5.10 Å². The molecule has 0 spiro atoms. The lowest BCUT2D eigenvalue weighted by molar-refractivity contribution is 0.0760. The summed E-state index contributed by atoms with van der Waals surface area (Å²) in [6.45, 7) is 10.0. The number of oxazole rings is 1. The lowest BCUT2D eigenvalue weighted by Crippen LogP contribution is -2.35. The van der Waals surface area contributed by atoms with Crippen molar-refractivity contribution in [3.05, 3.63) is 34.8 Å². The van der Waals surface area contributed by atoms with Crippen molar-refractivity contribution < 1.29 is 9.21 Å². The van der Waals surface area contributed by atoms with Gasteiger partial charge in [-0.3, -0.25) is 14.4 Å². The molecule has 0 saturated carbocycles. The Labute approximate surface area is 158 Å². The molecule has 142 valence electrons. The van der Waals surface area contributed by atoms with E-state index in [9.17, 15) is 4.79 Å². The Bertz CT molecular complexity index is 777. The highest BCUT2D eigenvalue weighted by atomic mass is 35.5. The molecule has 0 atom stereocenters. The number of rotatable bonds is 3. The number of hydrogen-bond donors (Lipinski definition) is 0. The third kappa shape index (κ3) is 4.10. The predicted molar refractivity (Wildman–Crippen MR) is 99.2 cm³/mol. The van der Waals surface area contributed by atoms with E-state index in [2.05, 4.69) is 35.8 Å². The van der Waals surface area contributed by atoms with E-state index in [4.69, 9.17) is 16.0 Å². The minimum atomic E-state index is -0.0592. The highest BCUT2D eigenvalue weighted by Crippen LogP contribution is 2.23. The first-order chi connectivity index (χ1) is 12.3. The monoisotopic (exact) mass is 379 g/mol. The minimum Gasteiger partial charge on any atom is -0.444 e. The van der Waals surface area contributed by atoms with Crippen molar-refractivity contribution in [3.63, 3.8) is 0 Å². The molecule has 0 bridgehead atoms. The largest absolute Gasteiger partial charge is 0.444 e. The van der Waals surface area contributed by atoms with Crippen LogP contribution in [0.3, 0.4) is 0 Å². The molecule has 8 heteroatoms. The molecule has 1 amide bonds. The summed E-state index contributed by atoms with van der Waals surface area (Å²) < 4.78 is 7.40. The maximum absolute atomic E-state index is 12.7. The van der Waals surface area contributed by atoms with Crippen LogP contribution in [0.15, 0.2) is 16.8 Å². The maximum Gasteiger partial charge on any atom is 0.258 e. The number of hydrogen-bond acceptors (Lipinski definition) is 5. The van der Waals surface area contributed by atoms with Gasteiger partial charge in [-0.1, -0.05) is 32.4 Å². The van der Waals surface area contributed by atoms with Crippen LogP contribution in [0.4, 0.5) is 0 Å². The summed E-state index contributed by atoms with van der Waals surface area (Å²) in [5, 5.41) is 4.43. The second-order valence-corrected chi connectivity index (χ2v) is 8.12. The van der Waals surface area contributed by atoms with Gasteiger partial charge in [0.15, 0.2) is 0 Å². The maximum atomic E-state index is 12.7. The first kappa shape index (κ1) is 18.9. The van der Waals surface area contributed by atoms with Crippen LogP contribution in [-0.2, 0) is 19.0 Å². The van der Waals surface area contributed by atoms with Gasteiger partial charge in [0.2, 0.25) is 5.89 Å². The fraction of sp³-hybridized carbons (Fsp3) is 0.611. The number of nitrogens with zero attached hydrogens (tertiary/aromatic N) is 5. The van der Waals surface area contributed by atoms with Gasteiger partial charge in [0, 0.05) is 38.6 Å². The van der Waals surface area contributed by atoms with Gasteiger partial charge in [0.1, 0.15) is 10.9 Å². The molecule has 0 N–H and O–H groups in total. The standard InChI is InChI=1S/C18H26ClN5O2/c1-18(2,3)14-11-20-15(26-14)12-23-6-5-7-24(9-8-23)17(25)13-10-21-22(4)16(13)19/h10-11H,5-9,12H2,1-4H3. The van der Waals surface area contributed by atoms with Gasteiger partial charge < -0.3 is 9.32 Å². The zero-order valence-electron chi connectivity index (χ0n) is 15.8. The van der Waals surface area contributed by atoms with Crippen LogP contribution in [0, 0.1) is 0 Å². The summed E-state index contributed by atoms with van der Waals surface area (Å²) in [4.78, 5) is 21.2. The molecule has 0 radical (unpaired) electrons. The van der Waals surface area contributed by atoms with Crippen LogP contribution in [-0.4, -0.2) is 56.7 Å². The van der Waals surface area contributed by atoms with E-state index in [0.29, 0.717) is 30.4 Å². The average Bonchev–Trinajstić information content (AvgIpc) is 3.09. The van der Waals surface area contributed by atoms with Crippen LogP contribution >= 0.6 is 11.6 Å². The van der Waals surface area contributed by atoms with E-state index in [-0.39, 0.29) is 11.3 Å². The van der Waals surface area contributed by atoms with Crippen molar-refractivity contribution in [2.45, 2.75) is 39.2 Å². The second-order valence-electron chi connectivity index (χ2n) is 7.76. The Kier molecular flexibility index (Phi) is 5.39. The van der Waals surface area contributed by atoms with Crippen molar-refractivity contribution in [2.75, 3.05) is 26.2 Å². The molecular weight excluding hydrogens is 354 g/mol. The van der Waals surface area contributed by atoms with Crippen molar-refractivity contribution in [2.24, 2.45) is 7.05 Å². The lowest BCUT2D eigenvalue weighted by atomic mass is 9.94. The topological polar surface area (TPSA) is 67.4 Å². The number of aromatic nitrogens is 3. The van der Waals surface area contributed by atoms with E-state index < -0.39 is 0 Å². The Balaban J connectivity index is 1.60. The Morgan fingerprint density at radius 1 is 1.23 bits per heavy atom. The van der Waals surface area contributed by atoms with E-state index in [1.807, 2.05) is 11.1 Å². The van der Waals surface area contributed by atoms with E-state index >= 15 is 0 Å². The van der Waals surface area contributed by atoms with Crippen LogP contribution in [0.2, 0.25) is 5.15 Å². The van der Waals surface area contributed by atoms with Crippen molar-refractivity contribution in [1.29, 1.82) is 0 Å². The number of halogens is 1. The van der Waals surface area contributed by atoms with Crippen LogP contribution < -0.4 is 0 Å². The fourth-order valence-electron chi connectivity index (χ4n) is 2.99. The Hall–Kier alpha value is -1.86. The van der Waals surface area contributed by atoms with Gasteiger partial charge in [0.05, 0.1) is 24.5 Å². The number of carbonyl (C=O) groups is 1. The third-order valence-corrected chi connectivity index (χ3v) is 5.07. The molecular formula is C18H26ClN5O2. The van der Waals surface area contributed by atoms with Crippen molar-refractivity contribution in [3.8, 4) is 0 Å². The minimum absolute atomic E-state index is 0.0454. The lowest BCUT2D eigenvalue weighted by Gasteiger charge is -2.21. The number of amides is 1. The summed E-state index contributed by atoms with van der Waals surface area (Å²) in [7, 11) is 1.73. The molecule has 1 aliphatic rings. The van der Waals surface area contributed by atoms with Gasteiger partial charge in [-0.05, 0) is 6.42 Å². The quantitative estimate of drug-likeness (QED) is 0.820. The zero-order chi connectivity index (χ0) is 18.9. The highest BCUT2D eigenvalue weighted by molar-refractivity contribution is 6.32. The molecule has 0 aliphatic carbocycles. The van der Waals surface area contributed by atoms with E-state index in [1.54, 1.807) is 7.05 Å². The van der Waals surface area contributed by atoms with Crippen LogP contribution in [0.5, 0.6) is 0 Å². The number of carbonyl (C=O) groups excluding carboxylic acids is 1. The Morgan fingerprint density at radius 2 is 2.00 bits per heavy atom. The van der Waals surface area contributed by atoms with Crippen LogP contribution in [0.25, 0.3) is 0 Å². The number of aryl methyl sites for hydroxylation is 1. The van der Waals surface area contributed by atoms with E-state index in [1.165, 1.54) is 10.9 Å². The summed E-state index contributed by atoms with van der Waals surface area (Å²) >= 11 is 6.16. The smallest absolute Gasteiger partial charge is 0.258 e. The molecule has 0 aromatic carbocycles. The average molecular weight is 380 g/mol. The predicted octanol–water partition coefficient (Wildman–Crippen LogP) is 2.71. The third-order valence-electron chi connectivity index (χ3n) is 4.62. The first-order valence-electron chi connectivity index (χ1n) is 8.90. The van der Waals surface area contributed by atoms with Gasteiger partial charge in [0.25, 0.3) is 5.91 Å². The van der Waals surface area contributed by atoms with Crippen molar-refractivity contribution in [1.82, 2.24) is 24.6 Å². The molecule has 1 fully saturated rings. The normalized spacial score (nSPS) is 16.7. The molecule has 1 saturated heterocycles. The van der Waals surface area contributed by atoms with Crippen molar-refractivity contribution >= 4 is 17.5 Å². The SMILES string of the molecule is Cn1ncc(C(=O)N2CCCN(Cc3ncc(C(C)(C)C)o3)CC2)c1Cl. The molecule has 3 rings (SSSR count).